The van der Waals surface area contributed by atoms with Gasteiger partial charge in [-0.25, -0.2) is 4.98 Å². The summed E-state index contributed by atoms with van der Waals surface area (Å²) in [5.41, 5.74) is 0.740. The molecule has 0 atom stereocenters. The molecule has 1 fully saturated rings. The maximum atomic E-state index is 12.3. The summed E-state index contributed by atoms with van der Waals surface area (Å²) in [6, 6.07) is 5.46. The number of piperidine rings is 1. The van der Waals surface area contributed by atoms with Gasteiger partial charge in [0.05, 0.1) is 12.9 Å². The summed E-state index contributed by atoms with van der Waals surface area (Å²) >= 11 is 0. The maximum Gasteiger partial charge on any atom is 0.238 e. The van der Waals surface area contributed by atoms with E-state index in [2.05, 4.69) is 19.8 Å². The largest absolute Gasteiger partial charge is 0.454 e. The van der Waals surface area contributed by atoms with Gasteiger partial charge < -0.3 is 19.4 Å². The SMILES string of the molecule is O=C(CN1CCC(Cn2ccnc2)CC1)Nc1ccc2c(c1)OCO2. The van der Waals surface area contributed by atoms with Crippen LogP contribution in [0.2, 0.25) is 0 Å². The molecule has 2 aromatic rings. The van der Waals surface area contributed by atoms with Crippen molar-refractivity contribution in [3.63, 3.8) is 0 Å². The molecule has 2 aliphatic heterocycles. The summed E-state index contributed by atoms with van der Waals surface area (Å²) in [5, 5.41) is 2.94. The second kappa shape index (κ2) is 7.14. The smallest absolute Gasteiger partial charge is 0.238 e. The van der Waals surface area contributed by atoms with E-state index in [1.165, 1.54) is 0 Å². The van der Waals surface area contributed by atoms with Crippen LogP contribution in [-0.4, -0.2) is 46.8 Å². The Bertz CT molecular complexity index is 724. The summed E-state index contributed by atoms with van der Waals surface area (Å²) in [6.45, 7) is 3.58. The Kier molecular flexibility index (Phi) is 4.56. The van der Waals surface area contributed by atoms with E-state index in [1.807, 2.05) is 30.9 Å². The van der Waals surface area contributed by atoms with Gasteiger partial charge in [0.2, 0.25) is 12.7 Å². The molecule has 1 aromatic carbocycles. The van der Waals surface area contributed by atoms with Gasteiger partial charge in [-0.1, -0.05) is 0 Å². The van der Waals surface area contributed by atoms with Crippen LogP contribution in [0, 0.1) is 5.92 Å². The van der Waals surface area contributed by atoms with E-state index in [0.29, 0.717) is 18.2 Å². The molecule has 0 bridgehead atoms. The number of ether oxygens (including phenoxy) is 2. The molecule has 25 heavy (non-hydrogen) atoms. The van der Waals surface area contributed by atoms with Crippen LogP contribution in [0.15, 0.2) is 36.9 Å². The molecule has 4 rings (SSSR count). The van der Waals surface area contributed by atoms with Crippen LogP contribution in [0.3, 0.4) is 0 Å². The molecule has 0 unspecified atom stereocenters. The van der Waals surface area contributed by atoms with Crippen LogP contribution in [0.1, 0.15) is 12.8 Å². The summed E-state index contributed by atoms with van der Waals surface area (Å²) in [5.74, 6) is 2.06. The first-order valence-electron chi connectivity index (χ1n) is 8.64. The number of nitrogens with zero attached hydrogens (tertiary/aromatic N) is 3. The fourth-order valence-corrected chi connectivity index (χ4v) is 3.40. The molecule has 0 aliphatic carbocycles. The second-order valence-corrected chi connectivity index (χ2v) is 6.60. The minimum Gasteiger partial charge on any atom is -0.454 e. The Morgan fingerprint density at radius 2 is 2.08 bits per heavy atom. The van der Waals surface area contributed by atoms with Crippen LogP contribution in [0.5, 0.6) is 11.5 Å². The molecule has 7 heteroatoms. The average Bonchev–Trinajstić information content (AvgIpc) is 3.27. The highest BCUT2D eigenvalue weighted by atomic mass is 16.7. The first-order chi connectivity index (χ1) is 12.3. The van der Waals surface area contributed by atoms with Gasteiger partial charge >= 0.3 is 0 Å². The Morgan fingerprint density at radius 3 is 2.88 bits per heavy atom. The highest BCUT2D eigenvalue weighted by Gasteiger charge is 2.21. The van der Waals surface area contributed by atoms with E-state index in [-0.39, 0.29) is 12.7 Å². The molecule has 3 heterocycles. The highest BCUT2D eigenvalue weighted by molar-refractivity contribution is 5.92. The number of carbonyl (C=O) groups is 1. The molecule has 2 aliphatic rings. The summed E-state index contributed by atoms with van der Waals surface area (Å²) in [7, 11) is 0. The van der Waals surface area contributed by atoms with E-state index in [4.69, 9.17) is 9.47 Å². The molecule has 1 saturated heterocycles. The number of carbonyl (C=O) groups excluding carboxylic acids is 1. The number of anilines is 1. The third-order valence-electron chi connectivity index (χ3n) is 4.76. The summed E-state index contributed by atoms with van der Waals surface area (Å²) in [6.07, 6.45) is 7.90. The van der Waals surface area contributed by atoms with Gasteiger partial charge in [0.1, 0.15) is 0 Å². The first-order valence-corrected chi connectivity index (χ1v) is 8.64. The zero-order chi connectivity index (χ0) is 17.1. The Balaban J connectivity index is 1.23. The van der Waals surface area contributed by atoms with Crippen molar-refractivity contribution in [2.24, 2.45) is 5.92 Å². The van der Waals surface area contributed by atoms with E-state index < -0.39 is 0 Å². The number of likely N-dealkylation sites (tertiary alicyclic amines) is 1. The fraction of sp³-hybridized carbons (Fsp3) is 0.444. The Hall–Kier alpha value is -2.54. The van der Waals surface area contributed by atoms with Gasteiger partial charge in [0.25, 0.3) is 0 Å². The van der Waals surface area contributed by atoms with Crippen LogP contribution in [-0.2, 0) is 11.3 Å². The molecule has 0 spiro atoms. The molecule has 7 nitrogen and oxygen atoms in total. The van der Waals surface area contributed by atoms with Crippen molar-refractivity contribution in [2.75, 3.05) is 31.7 Å². The van der Waals surface area contributed by atoms with Gasteiger partial charge in [-0.3, -0.25) is 9.69 Å². The lowest BCUT2D eigenvalue weighted by molar-refractivity contribution is -0.117. The monoisotopic (exact) mass is 342 g/mol. The zero-order valence-corrected chi connectivity index (χ0v) is 14.1. The van der Waals surface area contributed by atoms with Crippen molar-refractivity contribution in [1.82, 2.24) is 14.5 Å². The summed E-state index contributed by atoms with van der Waals surface area (Å²) in [4.78, 5) is 18.6. The lowest BCUT2D eigenvalue weighted by Gasteiger charge is -2.31. The molecular weight excluding hydrogens is 320 g/mol. The van der Waals surface area contributed by atoms with Crippen molar-refractivity contribution in [1.29, 1.82) is 0 Å². The van der Waals surface area contributed by atoms with Crippen LogP contribution < -0.4 is 14.8 Å². The van der Waals surface area contributed by atoms with Crippen molar-refractivity contribution < 1.29 is 14.3 Å². The average molecular weight is 342 g/mol. The standard InChI is InChI=1S/C18H22N4O3/c23-18(20-15-1-2-16-17(9-15)25-13-24-16)11-21-6-3-14(4-7-21)10-22-8-5-19-12-22/h1-2,5,8-9,12,14H,3-4,6-7,10-11,13H2,(H,20,23). The number of fused-ring (bicyclic) bond motifs is 1. The number of rotatable bonds is 5. The van der Waals surface area contributed by atoms with E-state index in [0.717, 1.165) is 43.9 Å². The first kappa shape index (κ1) is 16.0. The van der Waals surface area contributed by atoms with E-state index >= 15 is 0 Å². The number of benzene rings is 1. The van der Waals surface area contributed by atoms with Gasteiger partial charge in [0, 0.05) is 30.7 Å². The molecule has 1 amide bonds. The van der Waals surface area contributed by atoms with Crippen LogP contribution in [0.4, 0.5) is 5.69 Å². The predicted molar refractivity (Wildman–Crippen MR) is 92.6 cm³/mol. The number of amides is 1. The van der Waals surface area contributed by atoms with Gasteiger partial charge in [-0.2, -0.15) is 0 Å². The molecular formula is C18H22N4O3. The van der Waals surface area contributed by atoms with Crippen molar-refractivity contribution >= 4 is 11.6 Å². The lowest BCUT2D eigenvalue weighted by Crippen LogP contribution is -2.39. The number of hydrogen-bond acceptors (Lipinski definition) is 5. The van der Waals surface area contributed by atoms with Crippen molar-refractivity contribution in [3.05, 3.63) is 36.9 Å². The number of aromatic nitrogens is 2. The molecule has 1 aromatic heterocycles. The number of imidazole rings is 1. The third kappa shape index (κ3) is 3.93. The molecule has 1 N–H and O–H groups in total. The van der Waals surface area contributed by atoms with Gasteiger partial charge in [-0.05, 0) is 44.0 Å². The lowest BCUT2D eigenvalue weighted by atomic mass is 9.97. The highest BCUT2D eigenvalue weighted by Crippen LogP contribution is 2.34. The number of hydrogen-bond donors (Lipinski definition) is 1. The minimum absolute atomic E-state index is 0.00641. The third-order valence-corrected chi connectivity index (χ3v) is 4.76. The van der Waals surface area contributed by atoms with Gasteiger partial charge in [-0.15, -0.1) is 0 Å². The quantitative estimate of drug-likeness (QED) is 0.900. The molecule has 0 saturated carbocycles. The van der Waals surface area contributed by atoms with Crippen LogP contribution >= 0.6 is 0 Å². The van der Waals surface area contributed by atoms with E-state index in [1.54, 1.807) is 6.07 Å². The van der Waals surface area contributed by atoms with Crippen molar-refractivity contribution in [3.8, 4) is 11.5 Å². The molecule has 0 radical (unpaired) electrons. The minimum atomic E-state index is 0.00641. The molecule has 132 valence electrons. The Labute approximate surface area is 146 Å². The van der Waals surface area contributed by atoms with Crippen molar-refractivity contribution in [2.45, 2.75) is 19.4 Å². The predicted octanol–water partition coefficient (Wildman–Crippen LogP) is 1.96. The number of nitrogens with one attached hydrogen (secondary N) is 1. The maximum absolute atomic E-state index is 12.3. The van der Waals surface area contributed by atoms with Crippen LogP contribution in [0.25, 0.3) is 0 Å². The van der Waals surface area contributed by atoms with Gasteiger partial charge in [0.15, 0.2) is 11.5 Å². The topological polar surface area (TPSA) is 68.6 Å². The Morgan fingerprint density at radius 1 is 1.24 bits per heavy atom. The fourth-order valence-electron chi connectivity index (χ4n) is 3.40. The van der Waals surface area contributed by atoms with E-state index in [9.17, 15) is 4.79 Å². The normalized spacial score (nSPS) is 17.6. The zero-order valence-electron chi connectivity index (χ0n) is 14.1. The second-order valence-electron chi connectivity index (χ2n) is 6.60. The summed E-state index contributed by atoms with van der Waals surface area (Å²) < 4.78 is 12.7.